The van der Waals surface area contributed by atoms with Gasteiger partial charge in [-0.1, -0.05) is 6.08 Å². The van der Waals surface area contributed by atoms with Gasteiger partial charge in [-0.2, -0.15) is 0 Å². The van der Waals surface area contributed by atoms with Crippen molar-refractivity contribution in [2.24, 2.45) is 0 Å². The zero-order valence-electron chi connectivity index (χ0n) is 9.30. The van der Waals surface area contributed by atoms with Crippen LogP contribution in [0.1, 0.15) is 0 Å². The fraction of sp³-hybridized carbons (Fsp3) is 0.0769. The van der Waals surface area contributed by atoms with Gasteiger partial charge in [0, 0.05) is 24.5 Å². The van der Waals surface area contributed by atoms with Gasteiger partial charge in [-0.25, -0.2) is 4.98 Å². The molecule has 0 bridgehead atoms. The van der Waals surface area contributed by atoms with Crippen molar-refractivity contribution in [3.63, 3.8) is 0 Å². The molecule has 0 fully saturated rings. The molecule has 0 spiro atoms. The number of benzene rings is 1. The van der Waals surface area contributed by atoms with Gasteiger partial charge in [-0.3, -0.25) is 4.98 Å². The highest BCUT2D eigenvalue weighted by atomic mass is 16.3. The summed E-state index contributed by atoms with van der Waals surface area (Å²) in [5, 5.41) is 12.4. The molecule has 4 nitrogen and oxygen atoms in total. The standard InChI is InChI=1S/C13H13N3O/c1-2-7-15-13-12(14-8-9-16-13)10-3-5-11(17)6-4-10/h2-6,8-9,17H,1,7H2,(H,15,16). The van der Waals surface area contributed by atoms with Crippen LogP contribution in [0.15, 0.2) is 49.3 Å². The van der Waals surface area contributed by atoms with E-state index in [9.17, 15) is 5.11 Å². The Labute approximate surface area is 99.7 Å². The molecule has 0 saturated carbocycles. The van der Waals surface area contributed by atoms with Gasteiger partial charge in [0.2, 0.25) is 0 Å². The van der Waals surface area contributed by atoms with E-state index in [0.29, 0.717) is 12.4 Å². The SMILES string of the molecule is C=CCNc1nccnc1-c1ccc(O)cc1. The highest BCUT2D eigenvalue weighted by Crippen LogP contribution is 2.24. The molecule has 2 N–H and O–H groups in total. The van der Waals surface area contributed by atoms with Gasteiger partial charge in [0.15, 0.2) is 5.82 Å². The van der Waals surface area contributed by atoms with Crippen LogP contribution in [0, 0.1) is 0 Å². The van der Waals surface area contributed by atoms with Crippen molar-refractivity contribution < 1.29 is 5.11 Å². The van der Waals surface area contributed by atoms with E-state index in [2.05, 4.69) is 21.9 Å². The van der Waals surface area contributed by atoms with Crippen molar-refractivity contribution in [3.8, 4) is 17.0 Å². The lowest BCUT2D eigenvalue weighted by atomic mass is 10.1. The number of phenols is 1. The monoisotopic (exact) mass is 227 g/mol. The summed E-state index contributed by atoms with van der Waals surface area (Å²) in [4.78, 5) is 8.52. The highest BCUT2D eigenvalue weighted by Gasteiger charge is 2.06. The number of phenolic OH excluding ortho intramolecular Hbond substituents is 1. The van der Waals surface area contributed by atoms with E-state index in [-0.39, 0.29) is 5.75 Å². The van der Waals surface area contributed by atoms with Crippen molar-refractivity contribution in [3.05, 3.63) is 49.3 Å². The molecule has 4 heteroatoms. The Bertz CT molecular complexity index is 508. The number of hydrogen-bond donors (Lipinski definition) is 2. The minimum Gasteiger partial charge on any atom is -0.508 e. The molecule has 0 aliphatic carbocycles. The first kappa shape index (κ1) is 11.1. The maximum atomic E-state index is 9.25. The summed E-state index contributed by atoms with van der Waals surface area (Å²) in [6.45, 7) is 4.27. The summed E-state index contributed by atoms with van der Waals surface area (Å²) in [6.07, 6.45) is 5.03. The predicted octanol–water partition coefficient (Wildman–Crippen LogP) is 2.45. The van der Waals surface area contributed by atoms with Crippen LogP contribution in [-0.4, -0.2) is 21.6 Å². The van der Waals surface area contributed by atoms with Crippen LogP contribution in [0.25, 0.3) is 11.3 Å². The third kappa shape index (κ3) is 2.60. The largest absolute Gasteiger partial charge is 0.508 e. The lowest BCUT2D eigenvalue weighted by Gasteiger charge is -2.08. The molecule has 1 aromatic carbocycles. The zero-order valence-corrected chi connectivity index (χ0v) is 9.30. The number of hydrogen-bond acceptors (Lipinski definition) is 4. The van der Waals surface area contributed by atoms with E-state index < -0.39 is 0 Å². The minimum absolute atomic E-state index is 0.234. The number of anilines is 1. The third-order valence-electron chi connectivity index (χ3n) is 2.25. The van der Waals surface area contributed by atoms with Crippen LogP contribution in [0.3, 0.4) is 0 Å². The van der Waals surface area contributed by atoms with E-state index in [4.69, 9.17) is 0 Å². The predicted molar refractivity (Wildman–Crippen MR) is 67.8 cm³/mol. The molecular formula is C13H13N3O. The zero-order chi connectivity index (χ0) is 12.1. The van der Waals surface area contributed by atoms with Crippen LogP contribution >= 0.6 is 0 Å². The maximum Gasteiger partial charge on any atom is 0.152 e. The van der Waals surface area contributed by atoms with Crippen LogP contribution in [-0.2, 0) is 0 Å². The quantitative estimate of drug-likeness (QED) is 0.788. The van der Waals surface area contributed by atoms with Gasteiger partial charge < -0.3 is 10.4 Å². The number of rotatable bonds is 4. The topological polar surface area (TPSA) is 58.0 Å². The van der Waals surface area contributed by atoms with Crippen molar-refractivity contribution in [1.82, 2.24) is 9.97 Å². The van der Waals surface area contributed by atoms with Crippen LogP contribution in [0.4, 0.5) is 5.82 Å². The Morgan fingerprint density at radius 1 is 1.18 bits per heavy atom. The van der Waals surface area contributed by atoms with E-state index in [1.807, 2.05) is 0 Å². The van der Waals surface area contributed by atoms with E-state index >= 15 is 0 Å². The Morgan fingerprint density at radius 2 is 1.88 bits per heavy atom. The summed E-state index contributed by atoms with van der Waals surface area (Å²) in [7, 11) is 0. The first-order valence-corrected chi connectivity index (χ1v) is 5.26. The molecule has 0 aliphatic heterocycles. The van der Waals surface area contributed by atoms with Gasteiger partial charge in [0.1, 0.15) is 11.4 Å². The second kappa shape index (κ2) is 5.12. The smallest absolute Gasteiger partial charge is 0.152 e. The molecule has 17 heavy (non-hydrogen) atoms. The summed E-state index contributed by atoms with van der Waals surface area (Å²) >= 11 is 0. The van der Waals surface area contributed by atoms with Gasteiger partial charge in [-0.05, 0) is 24.3 Å². The minimum atomic E-state index is 0.234. The molecule has 2 rings (SSSR count). The second-order valence-corrected chi connectivity index (χ2v) is 3.47. The van der Waals surface area contributed by atoms with Crippen molar-refractivity contribution in [2.75, 3.05) is 11.9 Å². The molecule has 0 unspecified atom stereocenters. The Morgan fingerprint density at radius 3 is 2.59 bits per heavy atom. The average molecular weight is 227 g/mol. The van der Waals surface area contributed by atoms with Crippen LogP contribution < -0.4 is 5.32 Å². The number of aromatic nitrogens is 2. The van der Waals surface area contributed by atoms with Gasteiger partial charge in [-0.15, -0.1) is 6.58 Å². The van der Waals surface area contributed by atoms with Gasteiger partial charge >= 0.3 is 0 Å². The Balaban J connectivity index is 2.36. The third-order valence-corrected chi connectivity index (χ3v) is 2.25. The van der Waals surface area contributed by atoms with E-state index in [1.54, 1.807) is 42.7 Å². The fourth-order valence-electron chi connectivity index (χ4n) is 1.47. The summed E-state index contributed by atoms with van der Waals surface area (Å²) < 4.78 is 0. The maximum absolute atomic E-state index is 9.25. The number of nitrogens with zero attached hydrogens (tertiary/aromatic N) is 2. The molecule has 0 amide bonds. The molecule has 0 atom stereocenters. The molecule has 0 radical (unpaired) electrons. The molecule has 0 aliphatic rings. The normalized spacial score (nSPS) is 9.88. The summed E-state index contributed by atoms with van der Waals surface area (Å²) in [6, 6.07) is 6.86. The second-order valence-electron chi connectivity index (χ2n) is 3.47. The van der Waals surface area contributed by atoms with Crippen molar-refractivity contribution in [1.29, 1.82) is 0 Å². The Kier molecular flexibility index (Phi) is 3.35. The van der Waals surface area contributed by atoms with Gasteiger partial charge in [0.25, 0.3) is 0 Å². The van der Waals surface area contributed by atoms with E-state index in [1.165, 1.54) is 0 Å². The molecule has 1 aromatic heterocycles. The summed E-state index contributed by atoms with van der Waals surface area (Å²) in [5.41, 5.74) is 1.66. The van der Waals surface area contributed by atoms with Crippen molar-refractivity contribution in [2.45, 2.75) is 0 Å². The molecule has 0 saturated heterocycles. The average Bonchev–Trinajstić information content (AvgIpc) is 2.38. The highest BCUT2D eigenvalue weighted by molar-refractivity contribution is 5.71. The van der Waals surface area contributed by atoms with E-state index in [0.717, 1.165) is 11.3 Å². The fourth-order valence-corrected chi connectivity index (χ4v) is 1.47. The van der Waals surface area contributed by atoms with Crippen LogP contribution in [0.2, 0.25) is 0 Å². The molecule has 2 aromatic rings. The van der Waals surface area contributed by atoms with Gasteiger partial charge in [0.05, 0.1) is 0 Å². The molecule has 1 heterocycles. The first-order valence-electron chi connectivity index (χ1n) is 5.26. The Hall–Kier alpha value is -2.36. The lowest BCUT2D eigenvalue weighted by Crippen LogP contribution is -2.03. The van der Waals surface area contributed by atoms with Crippen LogP contribution in [0.5, 0.6) is 5.75 Å². The first-order chi connectivity index (χ1) is 8.31. The lowest BCUT2D eigenvalue weighted by molar-refractivity contribution is 0.475. The molecular weight excluding hydrogens is 214 g/mol. The summed E-state index contributed by atoms with van der Waals surface area (Å²) in [5.74, 6) is 0.941. The van der Waals surface area contributed by atoms with Crippen molar-refractivity contribution >= 4 is 5.82 Å². The number of aromatic hydroxyl groups is 1. The molecule has 86 valence electrons. The number of nitrogens with one attached hydrogen (secondary N) is 1.